The molecule has 1 N–H and O–H groups in total. The molecule has 2 aliphatic heterocycles. The maximum atomic E-state index is 11.9. The van der Waals surface area contributed by atoms with Gasteiger partial charge in [0.2, 0.25) is 0 Å². The molecule has 0 radical (unpaired) electrons. The topological polar surface area (TPSA) is 70.2 Å². The number of esters is 2. The van der Waals surface area contributed by atoms with Crippen molar-refractivity contribution in [2.45, 2.75) is 38.9 Å². The van der Waals surface area contributed by atoms with Crippen LogP contribution in [0.5, 0.6) is 0 Å². The second kappa shape index (κ2) is 6.88. The Balaban J connectivity index is 0.00000192. The predicted molar refractivity (Wildman–Crippen MR) is 77.2 cm³/mol. The quantitative estimate of drug-likeness (QED) is 0.369. The number of piperidine rings is 1. The van der Waals surface area contributed by atoms with Crippen molar-refractivity contribution in [1.82, 2.24) is 0 Å². The monoisotopic (exact) mass is 385 g/mol. The Bertz CT molecular complexity index is 606. The van der Waals surface area contributed by atoms with E-state index in [0.29, 0.717) is 5.76 Å². The first-order valence-corrected chi connectivity index (χ1v) is 7.58. The van der Waals surface area contributed by atoms with Crippen LogP contribution in [-0.4, -0.2) is 30.8 Å². The molecule has 2 aliphatic rings. The average Bonchev–Trinajstić information content (AvgIpc) is 2.91. The van der Waals surface area contributed by atoms with E-state index >= 15 is 0 Å². The summed E-state index contributed by atoms with van der Waals surface area (Å²) in [7, 11) is 0. The average molecular weight is 386 g/mol. The molecule has 0 amide bonds. The summed E-state index contributed by atoms with van der Waals surface area (Å²) in [5.74, 6) is -1.31. The van der Waals surface area contributed by atoms with Crippen molar-refractivity contribution >= 4 is 23.9 Å². The van der Waals surface area contributed by atoms with Crippen LogP contribution in [-0.2, 0) is 19.1 Å². The van der Waals surface area contributed by atoms with Gasteiger partial charge >= 0.3 is 11.9 Å². The van der Waals surface area contributed by atoms with Gasteiger partial charge in [-0.15, -0.1) is 0 Å². The molecule has 0 spiro atoms. The zero-order chi connectivity index (χ0) is 15.7. The third-order valence-electron chi connectivity index (χ3n) is 3.84. The number of ether oxygens (including phenoxy) is 2. The van der Waals surface area contributed by atoms with Crippen molar-refractivity contribution in [3.63, 3.8) is 0 Å². The van der Waals surface area contributed by atoms with Gasteiger partial charge in [0.1, 0.15) is 11.3 Å². The smallest absolute Gasteiger partial charge is 0.348 e. The van der Waals surface area contributed by atoms with Crippen LogP contribution >= 0.6 is 0 Å². The summed E-state index contributed by atoms with van der Waals surface area (Å²) in [4.78, 5) is 25.1. The van der Waals surface area contributed by atoms with Crippen LogP contribution in [0.4, 0.5) is 5.88 Å². The van der Waals surface area contributed by atoms with E-state index < -0.39 is 17.7 Å². The number of hydrogen-bond donors (Lipinski definition) is 1. The Morgan fingerprint density at radius 3 is 2.26 bits per heavy atom. The van der Waals surface area contributed by atoms with Gasteiger partial charge in [-0.05, 0) is 25.3 Å². The van der Waals surface area contributed by atoms with Gasteiger partial charge in [-0.1, -0.05) is 0 Å². The van der Waals surface area contributed by atoms with E-state index in [9.17, 15) is 9.59 Å². The molecule has 7 heteroatoms. The van der Waals surface area contributed by atoms with Crippen LogP contribution in [0.25, 0.3) is 6.08 Å². The van der Waals surface area contributed by atoms with Gasteiger partial charge in [-0.2, -0.15) is 0 Å². The van der Waals surface area contributed by atoms with Crippen molar-refractivity contribution < 1.29 is 45.4 Å². The fourth-order valence-corrected chi connectivity index (χ4v) is 2.77. The summed E-state index contributed by atoms with van der Waals surface area (Å²) in [6, 6.07) is 3.64. The number of halogens is 1. The van der Waals surface area contributed by atoms with Crippen LogP contribution in [0.2, 0.25) is 0 Å². The van der Waals surface area contributed by atoms with Crippen LogP contribution in [0, 0.1) is 0 Å². The minimum atomic E-state index is -1.22. The summed E-state index contributed by atoms with van der Waals surface area (Å²) < 4.78 is 15.9. The molecule has 0 aromatic carbocycles. The third kappa shape index (κ3) is 4.03. The van der Waals surface area contributed by atoms with Gasteiger partial charge < -0.3 is 30.9 Å². The zero-order valence-corrected chi connectivity index (χ0v) is 14.8. The number of rotatable bonds is 2. The number of carbonyl (C=O) groups excluding carboxylic acids is 2. The maximum Gasteiger partial charge on any atom is 0.348 e. The molecular weight excluding hydrogens is 366 g/mol. The van der Waals surface area contributed by atoms with E-state index in [0.717, 1.165) is 19.0 Å². The number of quaternary nitrogens is 1. The lowest BCUT2D eigenvalue weighted by atomic mass is 10.1. The molecule has 0 bridgehead atoms. The highest BCUT2D eigenvalue weighted by Gasteiger charge is 2.39. The van der Waals surface area contributed by atoms with E-state index in [1.165, 1.54) is 44.1 Å². The first kappa shape index (κ1) is 17.7. The third-order valence-corrected chi connectivity index (χ3v) is 3.84. The molecule has 2 saturated heterocycles. The van der Waals surface area contributed by atoms with E-state index in [-0.39, 0.29) is 22.6 Å². The standard InChI is InChI=1S/C16H19NO5.BrH/c1-16(2)21-14(18)12(15(19)22-16)10-11-6-7-13(20-11)17-8-4-3-5-9-17;/h6-7,10H,3-5,8-9H2,1-2H3;1H. The highest BCUT2D eigenvalue weighted by molar-refractivity contribution is 6.18. The minimum Gasteiger partial charge on any atom is -1.00 e. The Kier molecular flexibility index (Phi) is 5.31. The molecule has 2 fully saturated rings. The van der Waals surface area contributed by atoms with Crippen molar-refractivity contribution in [3.8, 4) is 0 Å². The van der Waals surface area contributed by atoms with Crippen molar-refractivity contribution in [3.05, 3.63) is 23.5 Å². The number of cyclic esters (lactones) is 2. The van der Waals surface area contributed by atoms with Crippen molar-refractivity contribution in [2.24, 2.45) is 0 Å². The first-order valence-electron chi connectivity index (χ1n) is 7.58. The summed E-state index contributed by atoms with van der Waals surface area (Å²) in [6.45, 7) is 5.12. The second-order valence-electron chi connectivity index (χ2n) is 6.10. The predicted octanol–water partition coefficient (Wildman–Crippen LogP) is -1.80. The fraction of sp³-hybridized carbons (Fsp3) is 0.500. The maximum absolute atomic E-state index is 11.9. The molecule has 6 nitrogen and oxygen atoms in total. The molecule has 3 rings (SSSR count). The largest absolute Gasteiger partial charge is 1.00 e. The summed E-state index contributed by atoms with van der Waals surface area (Å²) in [5.41, 5.74) is -0.145. The van der Waals surface area contributed by atoms with Gasteiger partial charge in [0.15, 0.2) is 0 Å². The normalized spacial score (nSPS) is 21.2. The van der Waals surface area contributed by atoms with Crippen LogP contribution in [0.1, 0.15) is 38.9 Å². The number of nitrogens with one attached hydrogen (secondary N) is 1. The van der Waals surface area contributed by atoms with Crippen LogP contribution in [0.15, 0.2) is 22.1 Å². The van der Waals surface area contributed by atoms with E-state index in [4.69, 9.17) is 13.9 Å². The van der Waals surface area contributed by atoms with Gasteiger partial charge in [0.25, 0.3) is 11.7 Å². The fourth-order valence-electron chi connectivity index (χ4n) is 2.77. The van der Waals surface area contributed by atoms with E-state index in [1.54, 1.807) is 6.07 Å². The van der Waals surface area contributed by atoms with Gasteiger partial charge in [0.05, 0.1) is 13.1 Å². The lowest BCUT2D eigenvalue weighted by Crippen LogP contribution is -3.08. The number of carbonyl (C=O) groups is 2. The van der Waals surface area contributed by atoms with Crippen molar-refractivity contribution in [1.29, 1.82) is 0 Å². The molecule has 0 unspecified atom stereocenters. The highest BCUT2D eigenvalue weighted by Crippen LogP contribution is 2.24. The van der Waals surface area contributed by atoms with Gasteiger partial charge in [-0.25, -0.2) is 9.59 Å². The van der Waals surface area contributed by atoms with E-state index in [1.807, 2.05) is 6.07 Å². The second-order valence-corrected chi connectivity index (χ2v) is 6.10. The number of hydrogen-bond acceptors (Lipinski definition) is 5. The van der Waals surface area contributed by atoms with Gasteiger partial charge in [0, 0.05) is 26.0 Å². The lowest BCUT2D eigenvalue weighted by Gasteiger charge is -2.29. The van der Waals surface area contributed by atoms with Crippen LogP contribution in [0.3, 0.4) is 0 Å². The Labute approximate surface area is 145 Å². The Morgan fingerprint density at radius 1 is 1.04 bits per heavy atom. The minimum absolute atomic E-state index is 0. The molecule has 23 heavy (non-hydrogen) atoms. The van der Waals surface area contributed by atoms with E-state index in [2.05, 4.69) is 0 Å². The SMILES string of the molecule is CC1(C)OC(=O)C(=Cc2ccc([NH+]3CCCCC3)o2)C(=O)O1.[Br-]. The molecule has 3 heterocycles. The molecule has 1 aromatic rings. The van der Waals surface area contributed by atoms with Gasteiger partial charge in [-0.3, -0.25) is 4.90 Å². The highest BCUT2D eigenvalue weighted by atomic mass is 79.9. The summed E-state index contributed by atoms with van der Waals surface area (Å²) >= 11 is 0. The molecule has 0 saturated carbocycles. The Hall–Kier alpha value is -1.60. The lowest BCUT2D eigenvalue weighted by molar-refractivity contribution is -0.846. The number of furan rings is 1. The molecule has 1 aromatic heterocycles. The molecule has 126 valence electrons. The Morgan fingerprint density at radius 2 is 1.65 bits per heavy atom. The first-order chi connectivity index (χ1) is 10.4. The molecular formula is C16H20BrNO5. The van der Waals surface area contributed by atoms with Crippen LogP contribution < -0.4 is 21.9 Å². The molecule has 0 atom stereocenters. The summed E-state index contributed by atoms with van der Waals surface area (Å²) in [6.07, 6.45) is 5.00. The molecule has 0 aliphatic carbocycles. The summed E-state index contributed by atoms with van der Waals surface area (Å²) in [5, 5.41) is 0. The zero-order valence-electron chi connectivity index (χ0n) is 13.2. The van der Waals surface area contributed by atoms with Crippen molar-refractivity contribution in [2.75, 3.05) is 13.1 Å².